The van der Waals surface area contributed by atoms with Crippen LogP contribution in [0.1, 0.15) is 12.8 Å². The molecule has 3 nitrogen and oxygen atoms in total. The summed E-state index contributed by atoms with van der Waals surface area (Å²) in [7, 11) is 0. The first-order valence-electron chi connectivity index (χ1n) is 7.57. The highest BCUT2D eigenvalue weighted by Crippen LogP contribution is 2.24. The van der Waals surface area contributed by atoms with Crippen molar-refractivity contribution in [3.63, 3.8) is 0 Å². The van der Waals surface area contributed by atoms with Gasteiger partial charge in [-0.15, -0.1) is 13.2 Å². The van der Waals surface area contributed by atoms with Crippen LogP contribution in [0.2, 0.25) is 0 Å². The van der Waals surface area contributed by atoms with Gasteiger partial charge < -0.3 is 9.80 Å². The number of carbonyl (C=O) groups is 1. The first kappa shape index (κ1) is 15.4. The van der Waals surface area contributed by atoms with E-state index in [9.17, 15) is 4.79 Å². The van der Waals surface area contributed by atoms with Crippen molar-refractivity contribution in [2.45, 2.75) is 12.8 Å². The van der Waals surface area contributed by atoms with E-state index in [1.165, 1.54) is 5.69 Å². The molecule has 1 saturated heterocycles. The highest BCUT2D eigenvalue weighted by Gasteiger charge is 2.27. The Hall–Kier alpha value is -2.03. The molecular weight excluding hydrogens is 260 g/mol. The molecule has 1 amide bonds. The molecule has 0 radical (unpaired) electrons. The molecule has 112 valence electrons. The van der Waals surface area contributed by atoms with Crippen LogP contribution < -0.4 is 4.90 Å². The number of benzene rings is 1. The molecule has 0 aromatic heterocycles. The van der Waals surface area contributed by atoms with E-state index in [0.717, 1.165) is 25.9 Å². The van der Waals surface area contributed by atoms with Crippen LogP contribution in [0.15, 0.2) is 55.6 Å². The lowest BCUT2D eigenvalue weighted by molar-refractivity contribution is -0.135. The van der Waals surface area contributed by atoms with Gasteiger partial charge in [0.25, 0.3) is 0 Å². The minimum atomic E-state index is 0.130. The van der Waals surface area contributed by atoms with Crippen LogP contribution in [0.25, 0.3) is 0 Å². The van der Waals surface area contributed by atoms with E-state index in [0.29, 0.717) is 13.1 Å². The number of hydrogen-bond donors (Lipinski definition) is 0. The summed E-state index contributed by atoms with van der Waals surface area (Å²) in [6.45, 7) is 10.5. The van der Waals surface area contributed by atoms with E-state index in [2.05, 4.69) is 42.3 Å². The molecule has 0 saturated carbocycles. The third-order valence-corrected chi connectivity index (χ3v) is 3.98. The first-order chi connectivity index (χ1) is 10.3. The molecular formula is C18H24N2O. The van der Waals surface area contributed by atoms with Gasteiger partial charge in [0.2, 0.25) is 5.91 Å². The molecule has 1 aromatic rings. The molecule has 0 spiro atoms. The lowest BCUT2D eigenvalue weighted by Gasteiger charge is -2.35. The number of piperidine rings is 1. The van der Waals surface area contributed by atoms with E-state index in [-0.39, 0.29) is 11.8 Å². The zero-order chi connectivity index (χ0) is 15.1. The Labute approximate surface area is 127 Å². The Morgan fingerprint density at radius 3 is 2.24 bits per heavy atom. The number of hydrogen-bond acceptors (Lipinski definition) is 2. The van der Waals surface area contributed by atoms with Gasteiger partial charge in [0.1, 0.15) is 0 Å². The third kappa shape index (κ3) is 3.97. The van der Waals surface area contributed by atoms with Gasteiger partial charge in [-0.2, -0.15) is 0 Å². The standard InChI is InChI=1S/C18H24N2O/c1-3-12-20(13-4-2)18(21)16-10-14-19(15-11-16)17-8-6-5-7-9-17/h3-9,16H,1-2,10-15H2. The molecule has 0 aliphatic carbocycles. The van der Waals surface area contributed by atoms with Crippen molar-refractivity contribution in [3.05, 3.63) is 55.6 Å². The van der Waals surface area contributed by atoms with Crippen molar-refractivity contribution in [2.75, 3.05) is 31.1 Å². The molecule has 1 aliphatic heterocycles. The fraction of sp³-hybridized carbons (Fsp3) is 0.389. The average Bonchev–Trinajstić information content (AvgIpc) is 2.55. The predicted molar refractivity (Wildman–Crippen MR) is 88.4 cm³/mol. The fourth-order valence-corrected chi connectivity index (χ4v) is 2.85. The minimum absolute atomic E-state index is 0.130. The lowest BCUT2D eigenvalue weighted by atomic mass is 9.94. The monoisotopic (exact) mass is 284 g/mol. The summed E-state index contributed by atoms with van der Waals surface area (Å²) in [5.41, 5.74) is 1.25. The van der Waals surface area contributed by atoms with Gasteiger partial charge in [0.05, 0.1) is 0 Å². The summed E-state index contributed by atoms with van der Waals surface area (Å²) in [6, 6.07) is 10.4. The van der Waals surface area contributed by atoms with Gasteiger partial charge in [-0.3, -0.25) is 4.79 Å². The maximum Gasteiger partial charge on any atom is 0.226 e. The Balaban J connectivity index is 1.92. The van der Waals surface area contributed by atoms with E-state index in [1.807, 2.05) is 11.0 Å². The van der Waals surface area contributed by atoms with Crippen molar-refractivity contribution in [2.24, 2.45) is 5.92 Å². The topological polar surface area (TPSA) is 23.6 Å². The summed E-state index contributed by atoms with van der Waals surface area (Å²) in [4.78, 5) is 16.7. The smallest absolute Gasteiger partial charge is 0.226 e. The molecule has 0 unspecified atom stereocenters. The molecule has 1 fully saturated rings. The van der Waals surface area contributed by atoms with Gasteiger partial charge in [-0.25, -0.2) is 0 Å². The Morgan fingerprint density at radius 2 is 1.71 bits per heavy atom. The lowest BCUT2D eigenvalue weighted by Crippen LogP contribution is -2.42. The van der Waals surface area contributed by atoms with Gasteiger partial charge in [-0.05, 0) is 25.0 Å². The average molecular weight is 284 g/mol. The van der Waals surface area contributed by atoms with E-state index < -0.39 is 0 Å². The summed E-state index contributed by atoms with van der Waals surface area (Å²) < 4.78 is 0. The molecule has 2 rings (SSSR count). The van der Waals surface area contributed by atoms with E-state index >= 15 is 0 Å². The SMILES string of the molecule is C=CCN(CC=C)C(=O)C1CCN(c2ccccc2)CC1. The molecule has 1 aromatic carbocycles. The fourth-order valence-electron chi connectivity index (χ4n) is 2.85. The van der Waals surface area contributed by atoms with Gasteiger partial charge in [0.15, 0.2) is 0 Å². The second-order valence-electron chi connectivity index (χ2n) is 5.42. The zero-order valence-corrected chi connectivity index (χ0v) is 12.6. The van der Waals surface area contributed by atoms with Crippen LogP contribution >= 0.6 is 0 Å². The van der Waals surface area contributed by atoms with Crippen molar-refractivity contribution in [1.82, 2.24) is 4.90 Å². The van der Waals surface area contributed by atoms with Crippen LogP contribution in [-0.4, -0.2) is 37.0 Å². The Bertz CT molecular complexity index is 465. The number of nitrogens with zero attached hydrogens (tertiary/aromatic N) is 2. The van der Waals surface area contributed by atoms with Crippen molar-refractivity contribution >= 4 is 11.6 Å². The highest BCUT2D eigenvalue weighted by molar-refractivity contribution is 5.79. The van der Waals surface area contributed by atoms with Crippen molar-refractivity contribution in [3.8, 4) is 0 Å². The highest BCUT2D eigenvalue weighted by atomic mass is 16.2. The summed E-state index contributed by atoms with van der Waals surface area (Å²) in [5.74, 6) is 0.368. The summed E-state index contributed by atoms with van der Waals surface area (Å²) >= 11 is 0. The van der Waals surface area contributed by atoms with Gasteiger partial charge >= 0.3 is 0 Å². The number of rotatable bonds is 6. The molecule has 0 N–H and O–H groups in total. The predicted octanol–water partition coefficient (Wildman–Crippen LogP) is 3.10. The first-order valence-corrected chi connectivity index (χ1v) is 7.57. The van der Waals surface area contributed by atoms with Crippen LogP contribution in [0.4, 0.5) is 5.69 Å². The second-order valence-corrected chi connectivity index (χ2v) is 5.42. The quantitative estimate of drug-likeness (QED) is 0.749. The summed E-state index contributed by atoms with van der Waals surface area (Å²) in [5, 5.41) is 0. The van der Waals surface area contributed by atoms with Gasteiger partial charge in [0, 0.05) is 37.8 Å². The van der Waals surface area contributed by atoms with Crippen LogP contribution in [0.3, 0.4) is 0 Å². The molecule has 1 heterocycles. The van der Waals surface area contributed by atoms with Crippen molar-refractivity contribution in [1.29, 1.82) is 0 Å². The van der Waals surface area contributed by atoms with Crippen LogP contribution in [-0.2, 0) is 4.79 Å². The van der Waals surface area contributed by atoms with E-state index in [1.54, 1.807) is 12.2 Å². The molecule has 1 aliphatic rings. The molecule has 21 heavy (non-hydrogen) atoms. The Kier molecular flexibility index (Phi) is 5.61. The molecule has 3 heteroatoms. The molecule has 0 atom stereocenters. The summed E-state index contributed by atoms with van der Waals surface area (Å²) in [6.07, 6.45) is 5.39. The van der Waals surface area contributed by atoms with Crippen LogP contribution in [0, 0.1) is 5.92 Å². The minimum Gasteiger partial charge on any atom is -0.371 e. The second kappa shape index (κ2) is 7.67. The van der Waals surface area contributed by atoms with Crippen LogP contribution in [0.5, 0.6) is 0 Å². The zero-order valence-electron chi connectivity index (χ0n) is 12.6. The number of para-hydroxylation sites is 1. The third-order valence-electron chi connectivity index (χ3n) is 3.98. The van der Waals surface area contributed by atoms with Crippen molar-refractivity contribution < 1.29 is 4.79 Å². The normalized spacial score (nSPS) is 15.5. The number of amides is 1. The maximum atomic E-state index is 12.5. The maximum absolute atomic E-state index is 12.5. The number of carbonyl (C=O) groups excluding carboxylic acids is 1. The largest absolute Gasteiger partial charge is 0.371 e. The van der Waals surface area contributed by atoms with E-state index in [4.69, 9.17) is 0 Å². The van der Waals surface area contributed by atoms with Gasteiger partial charge in [-0.1, -0.05) is 30.4 Å². The number of anilines is 1. The molecule has 0 bridgehead atoms. The Morgan fingerprint density at radius 1 is 1.14 bits per heavy atom.